The van der Waals surface area contributed by atoms with Crippen LogP contribution in [0.4, 0.5) is 4.39 Å². The first-order valence-electron chi connectivity index (χ1n) is 18.6. The van der Waals surface area contributed by atoms with E-state index in [0.29, 0.717) is 43.6 Å². The smallest absolute Gasteiger partial charge is 0.329 e. The number of nitrogens with one attached hydrogen (secondary N) is 2. The van der Waals surface area contributed by atoms with Crippen molar-refractivity contribution in [3.63, 3.8) is 0 Å². The fraction of sp³-hybridized carbons (Fsp3) is 0.487. The highest BCUT2D eigenvalue weighted by Gasteiger charge is 2.39. The van der Waals surface area contributed by atoms with Crippen LogP contribution >= 0.6 is 0 Å². The number of aromatic nitrogens is 5. The maximum atomic E-state index is 14.8. The highest BCUT2D eigenvalue weighted by atomic mass is 19.1. The van der Waals surface area contributed by atoms with Crippen LogP contribution in [0.3, 0.4) is 0 Å². The maximum Gasteiger partial charge on any atom is 0.329 e. The summed E-state index contributed by atoms with van der Waals surface area (Å²) in [6, 6.07) is 2.80. The molecule has 0 aromatic carbocycles. The first-order chi connectivity index (χ1) is 26.5. The Morgan fingerprint density at radius 2 is 2.04 bits per heavy atom. The highest BCUT2D eigenvalue weighted by molar-refractivity contribution is 5.95. The summed E-state index contributed by atoms with van der Waals surface area (Å²) in [6.45, 7) is 6.74. The van der Waals surface area contributed by atoms with Crippen molar-refractivity contribution < 1.29 is 37.8 Å². The Hall–Kier alpha value is -5.51. The molecule has 15 nitrogen and oxygen atoms in total. The molecule has 1 fully saturated rings. The third kappa shape index (κ3) is 12.0. The van der Waals surface area contributed by atoms with Crippen molar-refractivity contribution in [1.82, 2.24) is 40.5 Å². The number of carbonyl (C=O) groups excluding carboxylic acids is 4. The number of aliphatic hydroxyl groups is 1. The largest absolute Gasteiger partial charge is 0.460 e. The van der Waals surface area contributed by atoms with E-state index < -0.39 is 48.1 Å². The zero-order valence-corrected chi connectivity index (χ0v) is 31.3. The molecule has 294 valence electrons. The predicted molar refractivity (Wildman–Crippen MR) is 199 cm³/mol. The minimum atomic E-state index is -1.50. The molecular formula is C39H49FN8O7. The number of halogens is 1. The average Bonchev–Trinajstić information content (AvgIpc) is 3.94. The monoisotopic (exact) mass is 760 g/mol. The number of amides is 3. The normalized spacial score (nSPS) is 25.3. The Kier molecular flexibility index (Phi) is 14.6. The number of hydrogen-bond acceptors (Lipinski definition) is 11. The fourth-order valence-electron chi connectivity index (χ4n) is 6.57. The average molecular weight is 761 g/mol. The van der Waals surface area contributed by atoms with Crippen LogP contribution in [0.1, 0.15) is 69.3 Å². The number of oxazole rings is 1. The molecule has 1 saturated heterocycles. The molecule has 3 aromatic rings. The van der Waals surface area contributed by atoms with Gasteiger partial charge in [0.2, 0.25) is 11.8 Å². The number of fused-ring (bicyclic) bond motifs is 3. The van der Waals surface area contributed by atoms with E-state index in [-0.39, 0.29) is 55.8 Å². The van der Waals surface area contributed by atoms with Crippen molar-refractivity contribution in [1.29, 1.82) is 0 Å². The number of carbonyl (C=O) groups is 4. The summed E-state index contributed by atoms with van der Waals surface area (Å²) < 4.78 is 28.0. The van der Waals surface area contributed by atoms with Crippen LogP contribution in [0.25, 0.3) is 11.3 Å². The van der Waals surface area contributed by atoms with Gasteiger partial charge < -0.3 is 29.8 Å². The SMILES string of the molecule is CC1=C\C(O)CC(F)Cc2nc(co2)C(=O)N2CCCC2C(=O)OC(C(C)C)C(CC(=O)NCCCn2cc(-c3cccnc3)nn2)/C=C/C(=O)NC\C=C\1. The van der Waals surface area contributed by atoms with Gasteiger partial charge >= 0.3 is 5.97 Å². The zero-order chi connectivity index (χ0) is 39.3. The minimum Gasteiger partial charge on any atom is -0.460 e. The van der Waals surface area contributed by atoms with E-state index in [9.17, 15) is 28.7 Å². The van der Waals surface area contributed by atoms with Gasteiger partial charge in [0.25, 0.3) is 5.91 Å². The van der Waals surface area contributed by atoms with Gasteiger partial charge in [-0.3, -0.25) is 24.0 Å². The number of allylic oxidation sites excluding steroid dienone is 2. The molecule has 5 atom stereocenters. The fourth-order valence-corrected chi connectivity index (χ4v) is 6.57. The van der Waals surface area contributed by atoms with E-state index in [1.807, 2.05) is 32.2 Å². The predicted octanol–water partition coefficient (Wildman–Crippen LogP) is 3.53. The number of hydrogen-bond donors (Lipinski definition) is 3. The molecule has 5 unspecified atom stereocenters. The number of ether oxygens (including phenoxy) is 1. The molecule has 55 heavy (non-hydrogen) atoms. The van der Waals surface area contributed by atoms with Gasteiger partial charge in [0.1, 0.15) is 30.3 Å². The van der Waals surface area contributed by atoms with Gasteiger partial charge in [-0.25, -0.2) is 14.2 Å². The molecule has 2 aliphatic heterocycles. The van der Waals surface area contributed by atoms with Crippen LogP contribution in [-0.4, -0.2) is 103 Å². The summed E-state index contributed by atoms with van der Waals surface area (Å²) in [7, 11) is 0. The second kappa shape index (κ2) is 19.7. The number of nitrogens with zero attached hydrogens (tertiary/aromatic N) is 6. The van der Waals surface area contributed by atoms with Crippen molar-refractivity contribution >= 4 is 23.7 Å². The number of aryl methyl sites for hydroxylation is 1. The first-order valence-corrected chi connectivity index (χ1v) is 18.6. The highest BCUT2D eigenvalue weighted by Crippen LogP contribution is 2.27. The van der Waals surface area contributed by atoms with Crippen molar-refractivity contribution in [3.05, 3.63) is 84.5 Å². The van der Waals surface area contributed by atoms with E-state index in [1.165, 1.54) is 17.1 Å². The number of pyridine rings is 1. The van der Waals surface area contributed by atoms with Gasteiger partial charge in [0, 0.05) is 62.9 Å². The van der Waals surface area contributed by atoms with Crippen LogP contribution in [0.15, 0.2) is 77.4 Å². The van der Waals surface area contributed by atoms with Gasteiger partial charge in [0.15, 0.2) is 11.6 Å². The number of esters is 1. The van der Waals surface area contributed by atoms with E-state index in [0.717, 1.165) is 11.8 Å². The summed E-state index contributed by atoms with van der Waals surface area (Å²) in [5.74, 6) is -2.88. The van der Waals surface area contributed by atoms with Gasteiger partial charge in [-0.05, 0) is 50.3 Å². The molecule has 3 N–H and O–H groups in total. The van der Waals surface area contributed by atoms with E-state index >= 15 is 0 Å². The standard InChI is InChI=1S/C39H49FN8O7/c1-25(2)37-27(19-35(51)43-15-7-16-47-23-31(45-46-47)28-9-5-13-41-22-28)11-12-34(50)42-14-4-8-26(3)18-30(49)20-29(40)21-36-44-32(24-54-36)38(52)48-17-6-10-33(48)39(53)55-37/h4-5,8-9,11-13,18,22-25,27,29-30,33,37,49H,6-7,10,14-17,19-21H2,1-3H3,(H,42,50)(H,43,51)/b8-4+,12-11+,26-18+. The maximum absolute atomic E-state index is 14.8. The summed E-state index contributed by atoms with van der Waals surface area (Å²) in [5, 5.41) is 24.4. The molecule has 0 spiro atoms. The lowest BCUT2D eigenvalue weighted by molar-refractivity contribution is -0.159. The molecule has 2 aliphatic rings. The first kappa shape index (κ1) is 40.7. The van der Waals surface area contributed by atoms with E-state index in [4.69, 9.17) is 9.15 Å². The van der Waals surface area contributed by atoms with Crippen LogP contribution in [-0.2, 0) is 32.1 Å². The molecule has 0 saturated carbocycles. The van der Waals surface area contributed by atoms with E-state index in [1.54, 1.807) is 42.2 Å². The molecule has 5 heterocycles. The number of alkyl halides is 1. The molecule has 2 bridgehead atoms. The third-order valence-electron chi connectivity index (χ3n) is 9.31. The van der Waals surface area contributed by atoms with Gasteiger partial charge in [0.05, 0.1) is 18.7 Å². The van der Waals surface area contributed by atoms with Crippen LogP contribution < -0.4 is 10.6 Å². The number of aliphatic hydroxyl groups excluding tert-OH is 1. The van der Waals surface area contributed by atoms with Crippen LogP contribution in [0.2, 0.25) is 0 Å². The lowest BCUT2D eigenvalue weighted by Crippen LogP contribution is -2.44. The van der Waals surface area contributed by atoms with Crippen molar-refractivity contribution in [2.24, 2.45) is 11.8 Å². The second-order valence-electron chi connectivity index (χ2n) is 14.1. The lowest BCUT2D eigenvalue weighted by Gasteiger charge is -2.31. The van der Waals surface area contributed by atoms with Gasteiger partial charge in [-0.15, -0.1) is 5.10 Å². The Balaban J connectivity index is 1.29. The van der Waals surface area contributed by atoms with Gasteiger partial charge in [-0.1, -0.05) is 48.9 Å². The molecular weight excluding hydrogens is 711 g/mol. The third-order valence-corrected chi connectivity index (χ3v) is 9.31. The molecule has 3 aromatic heterocycles. The Morgan fingerprint density at radius 3 is 2.82 bits per heavy atom. The molecule has 0 radical (unpaired) electrons. The zero-order valence-electron chi connectivity index (χ0n) is 31.3. The number of cyclic esters (lactones) is 1. The molecule has 3 amide bonds. The quantitative estimate of drug-likeness (QED) is 0.225. The van der Waals surface area contributed by atoms with E-state index in [2.05, 4.69) is 30.9 Å². The van der Waals surface area contributed by atoms with Gasteiger partial charge in [-0.2, -0.15) is 0 Å². The summed E-state index contributed by atoms with van der Waals surface area (Å²) in [6.07, 6.45) is 11.6. The molecule has 0 aliphatic carbocycles. The summed E-state index contributed by atoms with van der Waals surface area (Å²) in [5.41, 5.74) is 2.13. The topological polar surface area (TPSA) is 195 Å². The summed E-state index contributed by atoms with van der Waals surface area (Å²) in [4.78, 5) is 63.1. The summed E-state index contributed by atoms with van der Waals surface area (Å²) >= 11 is 0. The Bertz CT molecular complexity index is 1860. The lowest BCUT2D eigenvalue weighted by atomic mass is 9.89. The van der Waals surface area contributed by atoms with Crippen LogP contribution in [0, 0.1) is 11.8 Å². The molecule has 5 rings (SSSR count). The van der Waals surface area contributed by atoms with Crippen molar-refractivity contribution in [3.8, 4) is 11.3 Å². The van der Waals surface area contributed by atoms with Crippen molar-refractivity contribution in [2.45, 2.75) is 90.3 Å². The molecule has 16 heteroatoms. The second-order valence-corrected chi connectivity index (χ2v) is 14.1. The van der Waals surface area contributed by atoms with Crippen LogP contribution in [0.5, 0.6) is 0 Å². The van der Waals surface area contributed by atoms with Crippen molar-refractivity contribution in [2.75, 3.05) is 19.6 Å². The minimum absolute atomic E-state index is 0.00255. The Morgan fingerprint density at radius 1 is 1.20 bits per heavy atom. The Labute approximate surface area is 319 Å². The number of rotatable bonds is 8.